The number of carbonyl (C=O) groups excluding carboxylic acids is 1. The van der Waals surface area contributed by atoms with Crippen molar-refractivity contribution in [2.24, 2.45) is 0 Å². The Morgan fingerprint density at radius 3 is 2.83 bits per heavy atom. The number of likely N-dealkylation sites (tertiary alicyclic amines) is 1. The van der Waals surface area contributed by atoms with Crippen LogP contribution in [0.1, 0.15) is 42.8 Å². The van der Waals surface area contributed by atoms with Crippen LogP contribution < -0.4 is 9.47 Å². The van der Waals surface area contributed by atoms with E-state index >= 15 is 0 Å². The topological polar surface area (TPSA) is 77.7 Å². The van der Waals surface area contributed by atoms with E-state index in [-0.39, 0.29) is 11.9 Å². The van der Waals surface area contributed by atoms with Gasteiger partial charge >= 0.3 is 0 Å². The molecule has 7 nitrogen and oxygen atoms in total. The Bertz CT molecular complexity index is 1050. The van der Waals surface area contributed by atoms with E-state index < -0.39 is 0 Å². The zero-order valence-corrected chi connectivity index (χ0v) is 17.4. The smallest absolute Gasteiger partial charge is 0.249 e. The molecule has 0 radical (unpaired) electrons. The minimum absolute atomic E-state index is 0.101. The number of methoxy groups -OCH3 is 1. The average molecular weight is 407 g/mol. The lowest BCUT2D eigenvalue weighted by Gasteiger charge is -2.22. The molecule has 7 heteroatoms. The number of nitrogens with zero attached hydrogens (tertiary/aromatic N) is 3. The number of ether oxygens (including phenoxy) is 2. The van der Waals surface area contributed by atoms with Gasteiger partial charge in [-0.05, 0) is 44.0 Å². The maximum atomic E-state index is 12.5. The molecule has 1 fully saturated rings. The monoisotopic (exact) mass is 407 g/mol. The maximum Gasteiger partial charge on any atom is 0.249 e. The van der Waals surface area contributed by atoms with E-state index in [0.717, 1.165) is 11.1 Å². The van der Waals surface area contributed by atoms with Crippen LogP contribution >= 0.6 is 0 Å². The molecular weight excluding hydrogens is 382 g/mol. The number of carbonyl (C=O) groups is 1. The van der Waals surface area contributed by atoms with Gasteiger partial charge in [0.05, 0.1) is 13.7 Å². The third-order valence-corrected chi connectivity index (χ3v) is 5.21. The van der Waals surface area contributed by atoms with Gasteiger partial charge in [0.1, 0.15) is 6.04 Å². The summed E-state index contributed by atoms with van der Waals surface area (Å²) in [4.78, 5) is 18.9. The molecule has 1 atom stereocenters. The lowest BCUT2D eigenvalue weighted by Crippen LogP contribution is -2.27. The second-order valence-electron chi connectivity index (χ2n) is 7.32. The molecule has 0 N–H and O–H groups in total. The maximum absolute atomic E-state index is 12.5. The second kappa shape index (κ2) is 8.57. The van der Waals surface area contributed by atoms with Crippen LogP contribution in [0.4, 0.5) is 0 Å². The summed E-state index contributed by atoms with van der Waals surface area (Å²) in [6.45, 7) is 5.04. The third-order valence-electron chi connectivity index (χ3n) is 5.21. The van der Waals surface area contributed by atoms with E-state index in [9.17, 15) is 4.79 Å². The van der Waals surface area contributed by atoms with Gasteiger partial charge in [0.25, 0.3) is 0 Å². The summed E-state index contributed by atoms with van der Waals surface area (Å²) in [5, 5.41) is 4.14. The Labute approximate surface area is 175 Å². The molecule has 0 saturated carbocycles. The molecule has 1 amide bonds. The Morgan fingerprint density at radius 2 is 2.07 bits per heavy atom. The lowest BCUT2D eigenvalue weighted by atomic mass is 10.1. The van der Waals surface area contributed by atoms with Crippen molar-refractivity contribution in [3.05, 3.63) is 59.5 Å². The Morgan fingerprint density at radius 1 is 1.20 bits per heavy atom. The molecule has 0 spiro atoms. The molecule has 0 aliphatic carbocycles. The molecule has 4 rings (SSSR count). The van der Waals surface area contributed by atoms with Crippen LogP contribution in [0, 0.1) is 6.92 Å². The Kier molecular flexibility index (Phi) is 5.70. The molecule has 2 aromatic carbocycles. The minimum atomic E-state index is -0.219. The number of aryl methyl sites for hydroxylation is 1. The number of amides is 1. The molecule has 156 valence electrons. The number of hydrogen-bond acceptors (Lipinski definition) is 6. The summed E-state index contributed by atoms with van der Waals surface area (Å²) >= 11 is 0. The minimum Gasteiger partial charge on any atom is -0.493 e. The highest BCUT2D eigenvalue weighted by atomic mass is 16.5. The quantitative estimate of drug-likeness (QED) is 0.581. The number of rotatable bonds is 7. The molecule has 2 heterocycles. The average Bonchev–Trinajstić information content (AvgIpc) is 3.36. The van der Waals surface area contributed by atoms with Crippen molar-refractivity contribution in [2.75, 3.05) is 13.7 Å². The molecule has 1 aliphatic rings. The van der Waals surface area contributed by atoms with Crippen LogP contribution in [0.2, 0.25) is 0 Å². The van der Waals surface area contributed by atoms with Gasteiger partial charge in [0, 0.05) is 18.5 Å². The molecule has 3 aromatic rings. The predicted octanol–water partition coefficient (Wildman–Crippen LogP) is 4.32. The summed E-state index contributed by atoms with van der Waals surface area (Å²) in [6.07, 6.45) is 1.14. The normalized spacial score (nSPS) is 16.2. The highest BCUT2D eigenvalue weighted by Gasteiger charge is 2.36. The van der Waals surface area contributed by atoms with Crippen molar-refractivity contribution < 1.29 is 18.8 Å². The largest absolute Gasteiger partial charge is 0.493 e. The van der Waals surface area contributed by atoms with E-state index in [1.54, 1.807) is 7.11 Å². The third kappa shape index (κ3) is 4.01. The number of aromatic nitrogens is 2. The zero-order valence-electron chi connectivity index (χ0n) is 17.4. The molecule has 1 aliphatic heterocycles. The first-order valence-corrected chi connectivity index (χ1v) is 10.1. The van der Waals surface area contributed by atoms with Gasteiger partial charge in [-0.3, -0.25) is 4.79 Å². The van der Waals surface area contributed by atoms with Crippen LogP contribution in [0.25, 0.3) is 11.4 Å². The van der Waals surface area contributed by atoms with Crippen molar-refractivity contribution in [2.45, 2.75) is 39.3 Å². The Balaban J connectivity index is 1.57. The highest BCUT2D eigenvalue weighted by molar-refractivity contribution is 5.79. The summed E-state index contributed by atoms with van der Waals surface area (Å²) < 4.78 is 16.5. The molecule has 1 unspecified atom stereocenters. The summed E-state index contributed by atoms with van der Waals surface area (Å²) in [5.41, 5.74) is 3.02. The van der Waals surface area contributed by atoms with Gasteiger partial charge in [0.2, 0.25) is 17.6 Å². The zero-order chi connectivity index (χ0) is 21.1. The van der Waals surface area contributed by atoms with E-state index in [4.69, 9.17) is 14.0 Å². The first-order chi connectivity index (χ1) is 14.6. The summed E-state index contributed by atoms with van der Waals surface area (Å²) in [7, 11) is 1.59. The van der Waals surface area contributed by atoms with Crippen molar-refractivity contribution in [3.63, 3.8) is 0 Å². The molecule has 1 aromatic heterocycles. The van der Waals surface area contributed by atoms with Gasteiger partial charge in [-0.2, -0.15) is 4.98 Å². The van der Waals surface area contributed by atoms with E-state index in [0.29, 0.717) is 49.2 Å². The Hall–Kier alpha value is -3.35. The van der Waals surface area contributed by atoms with E-state index in [1.165, 1.54) is 5.56 Å². The van der Waals surface area contributed by atoms with Crippen molar-refractivity contribution in [1.29, 1.82) is 0 Å². The van der Waals surface area contributed by atoms with Crippen molar-refractivity contribution in [1.82, 2.24) is 15.0 Å². The molecule has 30 heavy (non-hydrogen) atoms. The van der Waals surface area contributed by atoms with Gasteiger partial charge in [-0.1, -0.05) is 35.0 Å². The summed E-state index contributed by atoms with van der Waals surface area (Å²) in [5.74, 6) is 2.29. The van der Waals surface area contributed by atoms with Gasteiger partial charge in [-0.25, -0.2) is 0 Å². The standard InChI is InChI=1S/C23H25N3O4/c1-4-29-19-10-8-17(13-20(19)28-3)22-24-23(30-25-22)18-9-11-21(27)26(18)14-16-7-5-6-15(2)12-16/h5-8,10,12-13,18H,4,9,11,14H2,1-3H3. The van der Waals surface area contributed by atoms with Crippen LogP contribution in [0.5, 0.6) is 11.5 Å². The van der Waals surface area contributed by atoms with E-state index in [1.807, 2.05) is 55.1 Å². The van der Waals surface area contributed by atoms with Gasteiger partial charge < -0.3 is 18.9 Å². The van der Waals surface area contributed by atoms with Crippen molar-refractivity contribution >= 4 is 5.91 Å². The summed E-state index contributed by atoms with van der Waals surface area (Å²) in [6, 6.07) is 13.5. The SMILES string of the molecule is CCOc1ccc(-c2noc(C3CCC(=O)N3Cc3cccc(C)c3)n2)cc1OC. The highest BCUT2D eigenvalue weighted by Crippen LogP contribution is 2.36. The van der Waals surface area contributed by atoms with Gasteiger partial charge in [0.15, 0.2) is 11.5 Å². The predicted molar refractivity (Wildman–Crippen MR) is 111 cm³/mol. The number of benzene rings is 2. The van der Waals surface area contributed by atoms with Gasteiger partial charge in [-0.15, -0.1) is 0 Å². The van der Waals surface area contributed by atoms with E-state index in [2.05, 4.69) is 16.2 Å². The lowest BCUT2D eigenvalue weighted by molar-refractivity contribution is -0.130. The van der Waals surface area contributed by atoms with Crippen LogP contribution in [-0.4, -0.2) is 34.7 Å². The first kappa shape index (κ1) is 19.9. The fourth-order valence-corrected chi connectivity index (χ4v) is 3.77. The second-order valence-corrected chi connectivity index (χ2v) is 7.32. The van der Waals surface area contributed by atoms with Crippen LogP contribution in [0.15, 0.2) is 47.0 Å². The molecule has 1 saturated heterocycles. The fourth-order valence-electron chi connectivity index (χ4n) is 3.77. The fraction of sp³-hybridized carbons (Fsp3) is 0.348. The first-order valence-electron chi connectivity index (χ1n) is 10.1. The molecular formula is C23H25N3O4. The van der Waals surface area contributed by atoms with Crippen molar-refractivity contribution in [3.8, 4) is 22.9 Å². The molecule has 0 bridgehead atoms. The van der Waals surface area contributed by atoms with Crippen LogP contribution in [-0.2, 0) is 11.3 Å². The van der Waals surface area contributed by atoms with Crippen LogP contribution in [0.3, 0.4) is 0 Å². The number of hydrogen-bond donors (Lipinski definition) is 0.